The first-order valence-corrected chi connectivity index (χ1v) is 13.9. The minimum atomic E-state index is -0.726. The molecular formula is C35H46O. The number of hydrogen-bond acceptors (Lipinski definition) is 1. The van der Waals surface area contributed by atoms with Crippen molar-refractivity contribution in [2.45, 2.75) is 98.5 Å². The molecule has 0 heterocycles. The Kier molecular flexibility index (Phi) is 9.01. The summed E-state index contributed by atoms with van der Waals surface area (Å²) in [7, 11) is 0. The van der Waals surface area contributed by atoms with Crippen LogP contribution in [-0.2, 0) is 11.8 Å². The number of benzene rings is 3. The largest absolute Gasteiger partial charge is 0.386 e. The standard InChI is InChI=1S/C35H46O/c1-9-28-24-30(15-14-25(28)6)33-19-18-32(23-27(33)8)35(12-4,13-5)31-17-16-29(26(7)22-31)20-21-34(36,10-2)11-3/h14-24,36H,9-13H2,1-8H3/b21-20+. The van der Waals surface area contributed by atoms with Gasteiger partial charge in [0, 0.05) is 5.41 Å². The molecule has 1 heteroatoms. The predicted octanol–water partition coefficient (Wildman–Crippen LogP) is 9.51. The van der Waals surface area contributed by atoms with Gasteiger partial charge in [-0.15, -0.1) is 0 Å². The molecule has 36 heavy (non-hydrogen) atoms. The van der Waals surface area contributed by atoms with Gasteiger partial charge in [-0.2, -0.15) is 0 Å². The summed E-state index contributed by atoms with van der Waals surface area (Å²) in [4.78, 5) is 0. The van der Waals surface area contributed by atoms with Crippen LogP contribution in [0.5, 0.6) is 0 Å². The van der Waals surface area contributed by atoms with Crippen LogP contribution in [0.25, 0.3) is 17.2 Å². The van der Waals surface area contributed by atoms with Crippen molar-refractivity contribution in [1.82, 2.24) is 0 Å². The van der Waals surface area contributed by atoms with Crippen molar-refractivity contribution in [3.8, 4) is 11.1 Å². The summed E-state index contributed by atoms with van der Waals surface area (Å²) in [6.45, 7) is 17.6. The summed E-state index contributed by atoms with van der Waals surface area (Å²) >= 11 is 0. The lowest BCUT2D eigenvalue weighted by atomic mass is 9.69. The molecule has 0 saturated carbocycles. The second-order valence-electron chi connectivity index (χ2n) is 10.5. The minimum absolute atomic E-state index is 0.0221. The third kappa shape index (κ3) is 5.52. The van der Waals surface area contributed by atoms with Gasteiger partial charge in [0.05, 0.1) is 5.60 Å². The zero-order valence-corrected chi connectivity index (χ0v) is 23.8. The van der Waals surface area contributed by atoms with E-state index in [4.69, 9.17) is 0 Å². The Hall–Kier alpha value is -2.64. The molecule has 3 rings (SSSR count). The van der Waals surface area contributed by atoms with E-state index in [-0.39, 0.29) is 5.41 Å². The van der Waals surface area contributed by atoms with Gasteiger partial charge in [-0.05, 0) is 103 Å². The lowest BCUT2D eigenvalue weighted by Crippen LogP contribution is -2.26. The van der Waals surface area contributed by atoms with Crippen molar-refractivity contribution in [3.05, 3.63) is 99.6 Å². The van der Waals surface area contributed by atoms with Gasteiger partial charge in [0.15, 0.2) is 0 Å². The first-order valence-electron chi connectivity index (χ1n) is 13.9. The van der Waals surface area contributed by atoms with E-state index in [0.717, 1.165) is 32.1 Å². The third-order valence-electron chi connectivity index (χ3n) is 8.65. The molecule has 1 N–H and O–H groups in total. The van der Waals surface area contributed by atoms with E-state index in [1.807, 2.05) is 19.9 Å². The minimum Gasteiger partial charge on any atom is -0.386 e. The monoisotopic (exact) mass is 482 g/mol. The summed E-state index contributed by atoms with van der Waals surface area (Å²) in [5.41, 5.74) is 11.2. The van der Waals surface area contributed by atoms with E-state index >= 15 is 0 Å². The molecule has 0 unspecified atom stereocenters. The number of hydrogen-bond donors (Lipinski definition) is 1. The van der Waals surface area contributed by atoms with Gasteiger partial charge < -0.3 is 5.11 Å². The molecule has 0 amide bonds. The fourth-order valence-corrected chi connectivity index (χ4v) is 5.63. The van der Waals surface area contributed by atoms with Crippen LogP contribution >= 0.6 is 0 Å². The number of aliphatic hydroxyl groups is 1. The van der Waals surface area contributed by atoms with Crippen LogP contribution in [0.3, 0.4) is 0 Å². The van der Waals surface area contributed by atoms with Crippen LogP contribution in [0.4, 0.5) is 0 Å². The summed E-state index contributed by atoms with van der Waals surface area (Å²) in [5, 5.41) is 10.7. The molecular weight excluding hydrogens is 436 g/mol. The number of rotatable bonds is 10. The summed E-state index contributed by atoms with van der Waals surface area (Å²) in [6.07, 6.45) is 8.68. The molecule has 0 bridgehead atoms. The first kappa shape index (κ1) is 27.9. The molecule has 3 aromatic rings. The van der Waals surface area contributed by atoms with E-state index < -0.39 is 5.60 Å². The lowest BCUT2D eigenvalue weighted by Gasteiger charge is -2.34. The fourth-order valence-electron chi connectivity index (χ4n) is 5.63. The number of aryl methyl sites for hydroxylation is 4. The Labute approximate surface area is 220 Å². The Morgan fingerprint density at radius 1 is 0.667 bits per heavy atom. The van der Waals surface area contributed by atoms with E-state index in [1.165, 1.54) is 50.1 Å². The van der Waals surface area contributed by atoms with Crippen LogP contribution < -0.4 is 0 Å². The first-order chi connectivity index (χ1) is 17.2. The van der Waals surface area contributed by atoms with Gasteiger partial charge in [-0.1, -0.05) is 101 Å². The average molecular weight is 483 g/mol. The van der Waals surface area contributed by atoms with Crippen LogP contribution in [0.1, 0.15) is 99.2 Å². The van der Waals surface area contributed by atoms with Gasteiger partial charge in [0.2, 0.25) is 0 Å². The molecule has 0 aromatic heterocycles. The van der Waals surface area contributed by atoms with Crippen molar-refractivity contribution < 1.29 is 5.11 Å². The van der Waals surface area contributed by atoms with Gasteiger partial charge in [0.25, 0.3) is 0 Å². The van der Waals surface area contributed by atoms with Crippen molar-refractivity contribution in [3.63, 3.8) is 0 Å². The maximum atomic E-state index is 10.7. The van der Waals surface area contributed by atoms with Crippen LogP contribution in [-0.4, -0.2) is 10.7 Å². The zero-order valence-electron chi connectivity index (χ0n) is 23.8. The van der Waals surface area contributed by atoms with Crippen molar-refractivity contribution in [1.29, 1.82) is 0 Å². The van der Waals surface area contributed by atoms with E-state index in [9.17, 15) is 5.11 Å². The Morgan fingerprint density at radius 2 is 1.28 bits per heavy atom. The topological polar surface area (TPSA) is 20.2 Å². The zero-order chi connectivity index (χ0) is 26.5. The smallest absolute Gasteiger partial charge is 0.0825 e. The Bertz CT molecular complexity index is 1210. The summed E-state index contributed by atoms with van der Waals surface area (Å²) in [6, 6.07) is 20.9. The molecule has 0 aliphatic rings. The van der Waals surface area contributed by atoms with Crippen LogP contribution in [0, 0.1) is 20.8 Å². The van der Waals surface area contributed by atoms with Crippen molar-refractivity contribution in [2.24, 2.45) is 0 Å². The third-order valence-corrected chi connectivity index (χ3v) is 8.65. The Balaban J connectivity index is 2.02. The molecule has 0 saturated heterocycles. The molecule has 192 valence electrons. The molecule has 0 fully saturated rings. The Morgan fingerprint density at radius 3 is 1.81 bits per heavy atom. The summed E-state index contributed by atoms with van der Waals surface area (Å²) in [5.74, 6) is 0. The maximum absolute atomic E-state index is 10.7. The molecule has 3 aromatic carbocycles. The highest BCUT2D eigenvalue weighted by atomic mass is 16.3. The van der Waals surface area contributed by atoms with Crippen molar-refractivity contribution in [2.75, 3.05) is 0 Å². The van der Waals surface area contributed by atoms with Crippen LogP contribution in [0.15, 0.2) is 60.7 Å². The normalized spacial score (nSPS) is 12.5. The molecule has 1 nitrogen and oxygen atoms in total. The fraction of sp³-hybridized carbons (Fsp3) is 0.429. The second-order valence-corrected chi connectivity index (χ2v) is 10.5. The van der Waals surface area contributed by atoms with Gasteiger partial charge >= 0.3 is 0 Å². The van der Waals surface area contributed by atoms with E-state index in [1.54, 1.807) is 0 Å². The molecule has 0 aliphatic carbocycles. The van der Waals surface area contributed by atoms with E-state index in [0.29, 0.717) is 0 Å². The maximum Gasteiger partial charge on any atom is 0.0825 e. The van der Waals surface area contributed by atoms with Crippen molar-refractivity contribution >= 4 is 6.08 Å². The van der Waals surface area contributed by atoms with E-state index in [2.05, 4.69) is 102 Å². The van der Waals surface area contributed by atoms with Gasteiger partial charge in [-0.25, -0.2) is 0 Å². The molecule has 0 radical (unpaired) electrons. The summed E-state index contributed by atoms with van der Waals surface area (Å²) < 4.78 is 0. The highest BCUT2D eigenvalue weighted by molar-refractivity contribution is 5.69. The highest BCUT2D eigenvalue weighted by Gasteiger charge is 2.31. The predicted molar refractivity (Wildman–Crippen MR) is 158 cm³/mol. The SMILES string of the molecule is CCc1cc(-c2ccc(C(CC)(CC)c3ccc(/C=C/C(O)(CC)CC)c(C)c3)cc2C)ccc1C. The van der Waals surface area contributed by atoms with Gasteiger partial charge in [-0.3, -0.25) is 0 Å². The lowest BCUT2D eigenvalue weighted by molar-refractivity contribution is 0.0836. The molecule has 0 atom stereocenters. The molecule has 0 spiro atoms. The highest BCUT2D eigenvalue weighted by Crippen LogP contribution is 2.41. The van der Waals surface area contributed by atoms with Gasteiger partial charge in [0.1, 0.15) is 0 Å². The van der Waals surface area contributed by atoms with Crippen LogP contribution in [0.2, 0.25) is 0 Å². The molecule has 0 aliphatic heterocycles. The quantitative estimate of drug-likeness (QED) is 0.305. The second kappa shape index (κ2) is 11.6. The average Bonchev–Trinajstić information content (AvgIpc) is 2.89.